The Kier molecular flexibility index (Phi) is 3.89. The second-order valence-corrected chi connectivity index (χ2v) is 4.41. The highest BCUT2D eigenvalue weighted by molar-refractivity contribution is 4.90. The van der Waals surface area contributed by atoms with Crippen molar-refractivity contribution in [3.05, 3.63) is 0 Å². The summed E-state index contributed by atoms with van der Waals surface area (Å²) in [6.45, 7) is 5.47. The predicted octanol–water partition coefficient (Wildman–Crippen LogP) is -0.240. The van der Waals surface area contributed by atoms with Gasteiger partial charge in [-0.25, -0.2) is 0 Å². The topological polar surface area (TPSA) is 69.9 Å². The van der Waals surface area contributed by atoms with Crippen molar-refractivity contribution in [1.29, 1.82) is 0 Å². The quantitative estimate of drug-likeness (QED) is 0.580. The number of hydrogen-bond acceptors (Lipinski definition) is 4. The van der Waals surface area contributed by atoms with E-state index in [-0.39, 0.29) is 24.5 Å². The van der Waals surface area contributed by atoms with Crippen LogP contribution in [-0.2, 0) is 4.74 Å². The van der Waals surface area contributed by atoms with E-state index in [0.717, 1.165) is 0 Å². The number of rotatable bonds is 2. The molecule has 1 saturated heterocycles. The van der Waals surface area contributed by atoms with Crippen LogP contribution in [0.1, 0.15) is 20.8 Å². The zero-order chi connectivity index (χ0) is 10.9. The molecule has 0 unspecified atom stereocenters. The molecule has 0 saturated carbocycles. The fourth-order valence-corrected chi connectivity index (χ4v) is 1.91. The minimum atomic E-state index is -0.787. The molecular formula is C10H20O4. The van der Waals surface area contributed by atoms with Crippen molar-refractivity contribution in [2.75, 3.05) is 6.61 Å². The van der Waals surface area contributed by atoms with Gasteiger partial charge in [-0.05, 0) is 5.92 Å². The van der Waals surface area contributed by atoms with E-state index in [2.05, 4.69) is 0 Å². The third-order valence-electron chi connectivity index (χ3n) is 2.96. The van der Waals surface area contributed by atoms with E-state index >= 15 is 0 Å². The minimum Gasteiger partial charge on any atom is -0.394 e. The van der Waals surface area contributed by atoms with Gasteiger partial charge in [0.15, 0.2) is 0 Å². The first-order valence-electron chi connectivity index (χ1n) is 5.11. The maximum absolute atomic E-state index is 9.82. The molecule has 84 valence electrons. The highest BCUT2D eigenvalue weighted by atomic mass is 16.5. The molecule has 5 atom stereocenters. The number of ether oxygens (including phenoxy) is 1. The van der Waals surface area contributed by atoms with Crippen LogP contribution in [0.4, 0.5) is 0 Å². The summed E-state index contributed by atoms with van der Waals surface area (Å²) in [6.07, 6.45) is -2.32. The van der Waals surface area contributed by atoms with Gasteiger partial charge >= 0.3 is 0 Å². The first kappa shape index (κ1) is 11.9. The van der Waals surface area contributed by atoms with E-state index < -0.39 is 18.3 Å². The summed E-state index contributed by atoms with van der Waals surface area (Å²) in [5, 5.41) is 28.5. The summed E-state index contributed by atoms with van der Waals surface area (Å²) in [5.41, 5.74) is 0. The van der Waals surface area contributed by atoms with Crippen LogP contribution in [0, 0.1) is 11.8 Å². The van der Waals surface area contributed by atoms with Crippen molar-refractivity contribution in [3.8, 4) is 0 Å². The molecule has 4 nitrogen and oxygen atoms in total. The Morgan fingerprint density at radius 3 is 2.21 bits per heavy atom. The second-order valence-electron chi connectivity index (χ2n) is 4.41. The van der Waals surface area contributed by atoms with Gasteiger partial charge in [-0.3, -0.25) is 0 Å². The maximum atomic E-state index is 9.82. The molecule has 3 N–H and O–H groups in total. The molecule has 0 aromatic carbocycles. The van der Waals surface area contributed by atoms with Gasteiger partial charge in [0.05, 0.1) is 24.9 Å². The van der Waals surface area contributed by atoms with Crippen molar-refractivity contribution >= 4 is 0 Å². The van der Waals surface area contributed by atoms with Crippen molar-refractivity contribution in [2.45, 2.75) is 45.2 Å². The summed E-state index contributed by atoms with van der Waals surface area (Å²) >= 11 is 0. The molecule has 1 rings (SSSR count). The highest BCUT2D eigenvalue weighted by Crippen LogP contribution is 2.29. The van der Waals surface area contributed by atoms with E-state index in [1.165, 1.54) is 0 Å². The smallest absolute Gasteiger partial charge is 0.107 e. The van der Waals surface area contributed by atoms with Gasteiger partial charge in [-0.15, -0.1) is 0 Å². The third-order valence-corrected chi connectivity index (χ3v) is 2.96. The summed E-state index contributed by atoms with van der Waals surface area (Å²) in [6, 6.07) is 0. The Hall–Kier alpha value is -0.160. The molecule has 1 heterocycles. The van der Waals surface area contributed by atoms with E-state index in [1.54, 1.807) is 6.92 Å². The summed E-state index contributed by atoms with van der Waals surface area (Å²) in [5.74, 6) is -0.0812. The zero-order valence-corrected chi connectivity index (χ0v) is 8.92. The van der Waals surface area contributed by atoms with Gasteiger partial charge in [0.2, 0.25) is 0 Å². The van der Waals surface area contributed by atoms with Gasteiger partial charge in [0.1, 0.15) is 6.10 Å². The Bertz CT molecular complexity index is 181. The molecule has 4 heteroatoms. The molecular weight excluding hydrogens is 184 g/mol. The third kappa shape index (κ3) is 2.08. The standard InChI is InChI=1S/C10H20O4/c1-5(2)10-9(13)6(3)8(12)7(4-11)14-10/h5-13H,4H2,1-3H3/t6-,7+,8-,9+,10-/m0/s1. The first-order chi connectivity index (χ1) is 6.49. The number of aliphatic hydroxyl groups is 3. The molecule has 0 amide bonds. The molecule has 0 aliphatic carbocycles. The van der Waals surface area contributed by atoms with Crippen LogP contribution in [-0.4, -0.2) is 46.3 Å². The minimum absolute atomic E-state index is 0.175. The lowest BCUT2D eigenvalue weighted by Gasteiger charge is -2.42. The molecule has 1 fully saturated rings. The van der Waals surface area contributed by atoms with Gasteiger partial charge in [-0.1, -0.05) is 20.8 Å². The van der Waals surface area contributed by atoms with Crippen LogP contribution in [0.3, 0.4) is 0 Å². The maximum Gasteiger partial charge on any atom is 0.107 e. The van der Waals surface area contributed by atoms with Crippen molar-refractivity contribution in [1.82, 2.24) is 0 Å². The van der Waals surface area contributed by atoms with Gasteiger partial charge in [0, 0.05) is 5.92 Å². The summed E-state index contributed by atoms with van der Waals surface area (Å²) in [4.78, 5) is 0. The van der Waals surface area contributed by atoms with Crippen molar-refractivity contribution in [2.24, 2.45) is 11.8 Å². The monoisotopic (exact) mass is 204 g/mol. The lowest BCUT2D eigenvalue weighted by atomic mass is 9.84. The molecule has 14 heavy (non-hydrogen) atoms. The SMILES string of the molecule is CC(C)[C@@H]1O[C@H](CO)[C@@H](O)[C@H](C)[C@H]1O. The fraction of sp³-hybridized carbons (Fsp3) is 1.00. The molecule has 1 aliphatic heterocycles. The van der Waals surface area contributed by atoms with Gasteiger partial charge in [0.25, 0.3) is 0 Å². The molecule has 0 bridgehead atoms. The molecule has 0 spiro atoms. The van der Waals surface area contributed by atoms with E-state index in [1.807, 2.05) is 13.8 Å². The van der Waals surface area contributed by atoms with Crippen LogP contribution in [0.5, 0.6) is 0 Å². The molecule has 0 aromatic rings. The number of hydrogen-bond donors (Lipinski definition) is 3. The molecule has 0 radical (unpaired) electrons. The Morgan fingerprint density at radius 1 is 1.21 bits per heavy atom. The Morgan fingerprint density at radius 2 is 1.79 bits per heavy atom. The normalized spacial score (nSPS) is 44.4. The lowest BCUT2D eigenvalue weighted by molar-refractivity contribution is -0.215. The van der Waals surface area contributed by atoms with Gasteiger partial charge in [-0.2, -0.15) is 0 Å². The van der Waals surface area contributed by atoms with Crippen LogP contribution in [0.25, 0.3) is 0 Å². The van der Waals surface area contributed by atoms with E-state index in [9.17, 15) is 10.2 Å². The van der Waals surface area contributed by atoms with E-state index in [4.69, 9.17) is 9.84 Å². The van der Waals surface area contributed by atoms with Crippen molar-refractivity contribution in [3.63, 3.8) is 0 Å². The largest absolute Gasteiger partial charge is 0.394 e. The lowest BCUT2D eigenvalue weighted by Crippen LogP contribution is -2.55. The predicted molar refractivity (Wildman–Crippen MR) is 51.8 cm³/mol. The van der Waals surface area contributed by atoms with Crippen LogP contribution >= 0.6 is 0 Å². The molecule has 1 aliphatic rings. The number of aliphatic hydroxyl groups excluding tert-OH is 3. The van der Waals surface area contributed by atoms with Crippen LogP contribution < -0.4 is 0 Å². The van der Waals surface area contributed by atoms with Crippen LogP contribution in [0.2, 0.25) is 0 Å². The van der Waals surface area contributed by atoms with Crippen molar-refractivity contribution < 1.29 is 20.1 Å². The summed E-state index contributed by atoms with van der Waals surface area (Å²) < 4.78 is 5.44. The second kappa shape index (κ2) is 4.57. The highest BCUT2D eigenvalue weighted by Gasteiger charge is 2.42. The molecule has 0 aromatic heterocycles. The fourth-order valence-electron chi connectivity index (χ4n) is 1.91. The Balaban J connectivity index is 2.73. The zero-order valence-electron chi connectivity index (χ0n) is 8.92. The van der Waals surface area contributed by atoms with Gasteiger partial charge < -0.3 is 20.1 Å². The van der Waals surface area contributed by atoms with E-state index in [0.29, 0.717) is 0 Å². The first-order valence-corrected chi connectivity index (χ1v) is 5.11. The van der Waals surface area contributed by atoms with Crippen LogP contribution in [0.15, 0.2) is 0 Å². The Labute approximate surface area is 84.5 Å². The average Bonchev–Trinajstić information content (AvgIpc) is 2.14. The summed E-state index contributed by atoms with van der Waals surface area (Å²) in [7, 11) is 0. The average molecular weight is 204 g/mol.